The molecule has 0 unspecified atom stereocenters. The van der Waals surface area contributed by atoms with Gasteiger partial charge in [0.2, 0.25) is 5.91 Å². The van der Waals surface area contributed by atoms with E-state index in [4.69, 9.17) is 4.74 Å². The summed E-state index contributed by atoms with van der Waals surface area (Å²) >= 11 is 0. The molecule has 1 heterocycles. The van der Waals surface area contributed by atoms with Crippen LogP contribution in [-0.4, -0.2) is 35.0 Å². The Morgan fingerprint density at radius 3 is 2.44 bits per heavy atom. The Hall–Kier alpha value is -2.54. The molecule has 25 heavy (non-hydrogen) atoms. The lowest BCUT2D eigenvalue weighted by Crippen LogP contribution is -2.28. The van der Waals surface area contributed by atoms with Gasteiger partial charge in [0.1, 0.15) is 10.6 Å². The molecule has 0 bridgehead atoms. The van der Waals surface area contributed by atoms with Gasteiger partial charge in [-0.2, -0.15) is 0 Å². The molecular weight excluding hydrogens is 340 g/mol. The van der Waals surface area contributed by atoms with Crippen LogP contribution in [0.5, 0.6) is 5.75 Å². The van der Waals surface area contributed by atoms with Crippen molar-refractivity contribution in [3.05, 3.63) is 48.5 Å². The minimum absolute atomic E-state index is 0.00456. The smallest absolute Gasteiger partial charge is 0.267 e. The summed E-state index contributed by atoms with van der Waals surface area (Å²) in [5, 5.41) is 0. The zero-order chi connectivity index (χ0) is 18.0. The largest absolute Gasteiger partial charge is 0.495 e. The summed E-state index contributed by atoms with van der Waals surface area (Å²) < 4.78 is 32.7. The van der Waals surface area contributed by atoms with Gasteiger partial charge in [-0.25, -0.2) is 8.42 Å². The number of nitrogens with zero attached hydrogens (tertiary/aromatic N) is 2. The van der Waals surface area contributed by atoms with Gasteiger partial charge in [0.25, 0.3) is 10.0 Å². The first-order chi connectivity index (χ1) is 11.9. The van der Waals surface area contributed by atoms with Crippen LogP contribution in [0.2, 0.25) is 0 Å². The monoisotopic (exact) mass is 360 g/mol. The molecule has 3 rings (SSSR count). The Kier molecular flexibility index (Phi) is 4.67. The minimum Gasteiger partial charge on any atom is -0.495 e. The normalized spacial score (nSPS) is 14.6. The molecule has 2 aromatic rings. The molecule has 0 saturated carbocycles. The van der Waals surface area contributed by atoms with E-state index in [1.165, 1.54) is 24.5 Å². The number of rotatable bonds is 5. The third-order valence-corrected chi connectivity index (χ3v) is 6.10. The summed E-state index contributed by atoms with van der Waals surface area (Å²) in [6.45, 7) is 0.596. The first-order valence-electron chi connectivity index (χ1n) is 7.97. The Morgan fingerprint density at radius 2 is 1.84 bits per heavy atom. The highest BCUT2D eigenvalue weighted by molar-refractivity contribution is 7.93. The fraction of sp³-hybridized carbons (Fsp3) is 0.278. The molecule has 1 saturated heterocycles. The average molecular weight is 360 g/mol. The van der Waals surface area contributed by atoms with Crippen LogP contribution in [0.3, 0.4) is 0 Å². The second kappa shape index (κ2) is 6.76. The molecule has 0 spiro atoms. The lowest BCUT2D eigenvalue weighted by molar-refractivity contribution is -0.117. The standard InChI is InChI=1S/C18H20N2O4S/c1-19(14-7-4-3-5-8-14)25(22,23)17-13-15(10-11-16(17)24-2)20-12-6-9-18(20)21/h3-5,7-8,10-11,13H,6,9,12H2,1-2H3. The van der Waals surface area contributed by atoms with Gasteiger partial charge in [0.05, 0.1) is 12.8 Å². The predicted octanol–water partition coefficient (Wildman–Crippen LogP) is 2.65. The molecule has 1 amide bonds. The van der Waals surface area contributed by atoms with Gasteiger partial charge in [-0.1, -0.05) is 18.2 Å². The number of anilines is 2. The average Bonchev–Trinajstić information content (AvgIpc) is 3.07. The summed E-state index contributed by atoms with van der Waals surface area (Å²) in [4.78, 5) is 13.6. The van der Waals surface area contributed by atoms with Crippen LogP contribution < -0.4 is 13.9 Å². The molecule has 7 heteroatoms. The van der Waals surface area contributed by atoms with Crippen molar-refractivity contribution >= 4 is 27.3 Å². The van der Waals surface area contributed by atoms with Crippen LogP contribution in [0, 0.1) is 0 Å². The van der Waals surface area contributed by atoms with Gasteiger partial charge in [0.15, 0.2) is 0 Å². The van der Waals surface area contributed by atoms with Crippen LogP contribution in [0.15, 0.2) is 53.4 Å². The molecule has 0 atom stereocenters. The molecular formula is C18H20N2O4S. The first kappa shape index (κ1) is 17.3. The van der Waals surface area contributed by atoms with Crippen molar-refractivity contribution in [3.63, 3.8) is 0 Å². The van der Waals surface area contributed by atoms with E-state index >= 15 is 0 Å². The van der Waals surface area contributed by atoms with E-state index in [1.54, 1.807) is 41.3 Å². The van der Waals surface area contributed by atoms with Crippen molar-refractivity contribution in [2.45, 2.75) is 17.7 Å². The molecule has 6 nitrogen and oxygen atoms in total. The lowest BCUT2D eigenvalue weighted by atomic mass is 10.3. The summed E-state index contributed by atoms with van der Waals surface area (Å²) in [5.41, 5.74) is 1.12. The third-order valence-electron chi connectivity index (χ3n) is 4.29. The number of amides is 1. The number of hydrogen-bond acceptors (Lipinski definition) is 4. The van der Waals surface area contributed by atoms with Crippen LogP contribution in [0.1, 0.15) is 12.8 Å². The highest BCUT2D eigenvalue weighted by atomic mass is 32.2. The summed E-state index contributed by atoms with van der Waals surface area (Å²) in [6.07, 6.45) is 1.26. The van der Waals surface area contributed by atoms with E-state index < -0.39 is 10.0 Å². The quantitative estimate of drug-likeness (QED) is 0.822. The van der Waals surface area contributed by atoms with E-state index in [1.807, 2.05) is 6.07 Å². The predicted molar refractivity (Wildman–Crippen MR) is 96.6 cm³/mol. The second-order valence-electron chi connectivity index (χ2n) is 5.79. The molecule has 1 fully saturated rings. The van der Waals surface area contributed by atoms with Crippen molar-refractivity contribution < 1.29 is 17.9 Å². The lowest BCUT2D eigenvalue weighted by Gasteiger charge is -2.23. The summed E-state index contributed by atoms with van der Waals surface area (Å²) in [6, 6.07) is 13.6. The van der Waals surface area contributed by atoms with Crippen molar-refractivity contribution in [2.24, 2.45) is 0 Å². The van der Waals surface area contributed by atoms with Gasteiger partial charge in [-0.05, 0) is 36.8 Å². The van der Waals surface area contributed by atoms with Gasteiger partial charge >= 0.3 is 0 Å². The molecule has 132 valence electrons. The maximum absolute atomic E-state index is 13.1. The number of ether oxygens (including phenoxy) is 1. The number of para-hydroxylation sites is 1. The van der Waals surface area contributed by atoms with Gasteiger partial charge in [-0.15, -0.1) is 0 Å². The maximum Gasteiger partial charge on any atom is 0.267 e. The van der Waals surface area contributed by atoms with Crippen molar-refractivity contribution in [3.8, 4) is 5.75 Å². The number of carbonyl (C=O) groups is 1. The summed E-state index contributed by atoms with van der Waals surface area (Å²) in [5.74, 6) is 0.253. The molecule has 1 aliphatic rings. The minimum atomic E-state index is -3.83. The number of hydrogen-bond donors (Lipinski definition) is 0. The highest BCUT2D eigenvalue weighted by Crippen LogP contribution is 2.33. The highest BCUT2D eigenvalue weighted by Gasteiger charge is 2.28. The Bertz CT molecular complexity index is 881. The van der Waals surface area contributed by atoms with Crippen LogP contribution in [0.4, 0.5) is 11.4 Å². The van der Waals surface area contributed by atoms with Crippen molar-refractivity contribution in [1.82, 2.24) is 0 Å². The fourth-order valence-electron chi connectivity index (χ4n) is 2.88. The fourth-order valence-corrected chi connectivity index (χ4v) is 4.25. The maximum atomic E-state index is 13.1. The number of methoxy groups -OCH3 is 1. The van der Waals surface area contributed by atoms with E-state index in [2.05, 4.69) is 0 Å². The molecule has 0 radical (unpaired) electrons. The van der Waals surface area contributed by atoms with Gasteiger partial charge in [0, 0.05) is 25.7 Å². The number of sulfonamides is 1. The number of carbonyl (C=O) groups excluding carboxylic acids is 1. The zero-order valence-corrected chi connectivity index (χ0v) is 15.0. The van der Waals surface area contributed by atoms with Crippen LogP contribution in [0.25, 0.3) is 0 Å². The van der Waals surface area contributed by atoms with Crippen LogP contribution in [-0.2, 0) is 14.8 Å². The zero-order valence-electron chi connectivity index (χ0n) is 14.2. The van der Waals surface area contributed by atoms with Gasteiger partial charge in [-0.3, -0.25) is 9.10 Å². The van der Waals surface area contributed by atoms with Crippen molar-refractivity contribution in [1.29, 1.82) is 0 Å². The summed E-state index contributed by atoms with van der Waals surface area (Å²) in [7, 11) is -0.908. The van der Waals surface area contributed by atoms with E-state index in [0.29, 0.717) is 24.3 Å². The Balaban J connectivity index is 2.06. The molecule has 1 aliphatic heterocycles. The van der Waals surface area contributed by atoms with Crippen molar-refractivity contribution in [2.75, 3.05) is 29.9 Å². The van der Waals surface area contributed by atoms with E-state index in [-0.39, 0.29) is 16.6 Å². The molecule has 0 N–H and O–H groups in total. The Morgan fingerprint density at radius 1 is 1.12 bits per heavy atom. The van der Waals surface area contributed by atoms with Gasteiger partial charge < -0.3 is 9.64 Å². The second-order valence-corrected chi connectivity index (χ2v) is 7.73. The third kappa shape index (κ3) is 3.19. The molecule has 0 aromatic heterocycles. The topological polar surface area (TPSA) is 66.9 Å². The molecule has 2 aromatic carbocycles. The van der Waals surface area contributed by atoms with Crippen LogP contribution >= 0.6 is 0 Å². The number of benzene rings is 2. The SMILES string of the molecule is COc1ccc(N2CCCC2=O)cc1S(=O)(=O)N(C)c1ccccc1. The Labute approximate surface area is 147 Å². The molecule has 0 aliphatic carbocycles. The van der Waals surface area contributed by atoms with E-state index in [0.717, 1.165) is 6.42 Å². The first-order valence-corrected chi connectivity index (χ1v) is 9.41. The van der Waals surface area contributed by atoms with E-state index in [9.17, 15) is 13.2 Å².